The number of aromatic nitrogens is 1. The van der Waals surface area contributed by atoms with E-state index in [1.807, 2.05) is 6.92 Å². The van der Waals surface area contributed by atoms with E-state index in [1.165, 1.54) is 0 Å². The minimum Gasteiger partial charge on any atom is -0.496 e. The number of rotatable bonds is 6. The molecule has 1 aliphatic rings. The highest BCUT2D eigenvalue weighted by Gasteiger charge is 2.33. The zero-order chi connectivity index (χ0) is 24.2. The van der Waals surface area contributed by atoms with Crippen LogP contribution in [-0.2, 0) is 0 Å². The van der Waals surface area contributed by atoms with Crippen LogP contribution in [-0.4, -0.2) is 42.6 Å². The number of nitrogens with zero attached hydrogens (tertiary/aromatic N) is 2. The van der Waals surface area contributed by atoms with Crippen molar-refractivity contribution in [2.45, 2.75) is 32.2 Å². The lowest BCUT2D eigenvalue weighted by Gasteiger charge is -2.34. The first-order valence-electron chi connectivity index (χ1n) is 11.0. The van der Waals surface area contributed by atoms with E-state index >= 15 is 0 Å². The van der Waals surface area contributed by atoms with Crippen LogP contribution >= 0.6 is 11.6 Å². The summed E-state index contributed by atoms with van der Waals surface area (Å²) in [6.45, 7) is 2.43. The molecule has 3 aromatic rings. The van der Waals surface area contributed by atoms with E-state index in [1.54, 1.807) is 61.6 Å². The number of amides is 2. The lowest BCUT2D eigenvalue weighted by Crippen LogP contribution is -2.38. The molecule has 1 unspecified atom stereocenters. The summed E-state index contributed by atoms with van der Waals surface area (Å²) >= 11 is 6.13. The number of para-hydroxylation sites is 1. The maximum atomic E-state index is 13.5. The van der Waals surface area contributed by atoms with Crippen LogP contribution in [0.2, 0.25) is 5.02 Å². The fourth-order valence-corrected chi connectivity index (χ4v) is 4.33. The molecule has 8 nitrogen and oxygen atoms in total. The third-order valence-electron chi connectivity index (χ3n) is 5.97. The van der Waals surface area contributed by atoms with E-state index in [0.717, 1.165) is 18.4 Å². The Morgan fingerprint density at radius 2 is 1.82 bits per heavy atom. The second-order valence-corrected chi connectivity index (χ2v) is 8.47. The van der Waals surface area contributed by atoms with Crippen molar-refractivity contribution in [1.82, 2.24) is 10.1 Å². The summed E-state index contributed by atoms with van der Waals surface area (Å²) in [5.74, 6) is 1.01. The molecule has 0 saturated carbocycles. The lowest BCUT2D eigenvalue weighted by atomic mass is 9.98. The van der Waals surface area contributed by atoms with Gasteiger partial charge in [0.05, 0.1) is 31.0 Å². The molecule has 1 aliphatic heterocycles. The molecule has 34 heavy (non-hydrogen) atoms. The van der Waals surface area contributed by atoms with Gasteiger partial charge in [-0.15, -0.1) is 0 Å². The Balaban J connectivity index is 1.57. The fraction of sp³-hybridized carbons (Fsp3) is 0.320. The Morgan fingerprint density at radius 1 is 1.12 bits per heavy atom. The first-order chi connectivity index (χ1) is 16.4. The number of halogens is 1. The number of anilines is 1. The standard InChI is InChI=1S/C25H26ClN3O5/c1-15-21(32-2)12-16(13-22(15)33-3)25(31)29-11-7-6-10-20(29)23-14-19(28-34-23)24(30)27-18-9-5-4-8-17(18)26/h4-5,8-9,12-14,20H,6-7,10-11H2,1-3H3,(H,27,30). The quantitative estimate of drug-likeness (QED) is 0.513. The molecule has 2 heterocycles. The summed E-state index contributed by atoms with van der Waals surface area (Å²) in [7, 11) is 3.12. The number of benzene rings is 2. The van der Waals surface area contributed by atoms with Crippen molar-refractivity contribution in [1.29, 1.82) is 0 Å². The van der Waals surface area contributed by atoms with E-state index in [4.69, 9.17) is 25.6 Å². The van der Waals surface area contributed by atoms with Crippen molar-refractivity contribution < 1.29 is 23.6 Å². The van der Waals surface area contributed by atoms with Gasteiger partial charge in [-0.1, -0.05) is 28.9 Å². The van der Waals surface area contributed by atoms with Gasteiger partial charge in [0.25, 0.3) is 11.8 Å². The van der Waals surface area contributed by atoms with E-state index in [0.29, 0.717) is 46.5 Å². The molecule has 4 rings (SSSR count). The number of likely N-dealkylation sites (tertiary alicyclic amines) is 1. The smallest absolute Gasteiger partial charge is 0.277 e. The number of carbonyl (C=O) groups is 2. The number of hydrogen-bond donors (Lipinski definition) is 1. The van der Waals surface area contributed by atoms with Gasteiger partial charge in [-0.05, 0) is 50.5 Å². The average molecular weight is 484 g/mol. The van der Waals surface area contributed by atoms with Gasteiger partial charge in [0.15, 0.2) is 11.5 Å². The highest BCUT2D eigenvalue weighted by atomic mass is 35.5. The Morgan fingerprint density at radius 3 is 2.50 bits per heavy atom. The minimum absolute atomic E-state index is 0.117. The summed E-state index contributed by atoms with van der Waals surface area (Å²) in [5, 5.41) is 7.10. The van der Waals surface area contributed by atoms with E-state index in [2.05, 4.69) is 10.5 Å². The molecule has 1 atom stereocenters. The molecule has 1 saturated heterocycles. The monoisotopic (exact) mass is 483 g/mol. The molecule has 2 amide bonds. The number of nitrogens with one attached hydrogen (secondary N) is 1. The second kappa shape index (κ2) is 10.2. The number of piperidine rings is 1. The Bertz CT molecular complexity index is 1180. The molecule has 0 spiro atoms. The number of ether oxygens (including phenoxy) is 2. The number of carbonyl (C=O) groups excluding carboxylic acids is 2. The van der Waals surface area contributed by atoms with Crippen molar-refractivity contribution in [3.63, 3.8) is 0 Å². The van der Waals surface area contributed by atoms with Crippen molar-refractivity contribution >= 4 is 29.1 Å². The molecule has 2 aromatic carbocycles. The van der Waals surface area contributed by atoms with Gasteiger partial charge >= 0.3 is 0 Å². The van der Waals surface area contributed by atoms with Crippen molar-refractivity contribution in [3.05, 3.63) is 70.1 Å². The summed E-state index contributed by atoms with van der Waals surface area (Å²) in [4.78, 5) is 27.9. The first-order valence-corrected chi connectivity index (χ1v) is 11.4. The molecule has 0 bridgehead atoms. The van der Waals surface area contributed by atoms with Crippen LogP contribution in [0.5, 0.6) is 11.5 Å². The van der Waals surface area contributed by atoms with Crippen LogP contribution < -0.4 is 14.8 Å². The SMILES string of the molecule is COc1cc(C(=O)N2CCCCC2c2cc(C(=O)Nc3ccccc3Cl)no2)cc(OC)c1C. The van der Waals surface area contributed by atoms with Gasteiger partial charge in [-0.2, -0.15) is 0 Å². The molecule has 1 aromatic heterocycles. The van der Waals surface area contributed by atoms with Gasteiger partial charge < -0.3 is 24.2 Å². The van der Waals surface area contributed by atoms with Crippen LogP contribution in [0.15, 0.2) is 47.0 Å². The molecule has 1 N–H and O–H groups in total. The summed E-state index contributed by atoms with van der Waals surface area (Å²) in [6, 6.07) is 11.6. The molecule has 0 aliphatic carbocycles. The topological polar surface area (TPSA) is 93.9 Å². The summed E-state index contributed by atoms with van der Waals surface area (Å²) < 4.78 is 16.4. The Labute approximate surface area is 202 Å². The van der Waals surface area contributed by atoms with Crippen molar-refractivity contribution in [3.8, 4) is 11.5 Å². The zero-order valence-corrected chi connectivity index (χ0v) is 20.0. The minimum atomic E-state index is -0.440. The third kappa shape index (κ3) is 4.72. The molecule has 9 heteroatoms. The van der Waals surface area contributed by atoms with Gasteiger partial charge in [0.1, 0.15) is 11.5 Å². The van der Waals surface area contributed by atoms with Gasteiger partial charge in [0.2, 0.25) is 0 Å². The molecule has 1 fully saturated rings. The van der Waals surface area contributed by atoms with E-state index in [-0.39, 0.29) is 17.6 Å². The van der Waals surface area contributed by atoms with Crippen LogP contribution in [0, 0.1) is 6.92 Å². The van der Waals surface area contributed by atoms with Crippen molar-refractivity contribution in [2.75, 3.05) is 26.1 Å². The maximum absolute atomic E-state index is 13.5. The second-order valence-electron chi connectivity index (χ2n) is 8.06. The van der Waals surface area contributed by atoms with E-state index in [9.17, 15) is 9.59 Å². The molecular formula is C25H26ClN3O5. The predicted molar refractivity (Wildman–Crippen MR) is 128 cm³/mol. The van der Waals surface area contributed by atoms with Gasteiger partial charge in [0, 0.05) is 23.7 Å². The summed E-state index contributed by atoms with van der Waals surface area (Å²) in [6.07, 6.45) is 2.50. The predicted octanol–water partition coefficient (Wildman–Crippen LogP) is 5.27. The number of methoxy groups -OCH3 is 2. The Kier molecular flexibility index (Phi) is 7.07. The molecule has 178 valence electrons. The largest absolute Gasteiger partial charge is 0.496 e. The third-order valence-corrected chi connectivity index (χ3v) is 6.30. The van der Waals surface area contributed by atoms with E-state index < -0.39 is 5.91 Å². The van der Waals surface area contributed by atoms with Crippen LogP contribution in [0.1, 0.15) is 57.5 Å². The first kappa shape index (κ1) is 23.6. The molecular weight excluding hydrogens is 458 g/mol. The van der Waals surface area contributed by atoms with Crippen LogP contribution in [0.3, 0.4) is 0 Å². The average Bonchev–Trinajstić information content (AvgIpc) is 3.35. The fourth-order valence-electron chi connectivity index (χ4n) is 4.15. The highest BCUT2D eigenvalue weighted by molar-refractivity contribution is 6.33. The zero-order valence-electron chi connectivity index (χ0n) is 19.3. The summed E-state index contributed by atoms with van der Waals surface area (Å²) in [5.41, 5.74) is 1.88. The lowest BCUT2D eigenvalue weighted by molar-refractivity contribution is 0.0569. The number of hydrogen-bond acceptors (Lipinski definition) is 6. The normalized spacial score (nSPS) is 15.6. The van der Waals surface area contributed by atoms with Crippen LogP contribution in [0.4, 0.5) is 5.69 Å². The van der Waals surface area contributed by atoms with Gasteiger partial charge in [-0.3, -0.25) is 9.59 Å². The highest BCUT2D eigenvalue weighted by Crippen LogP contribution is 2.35. The van der Waals surface area contributed by atoms with Crippen molar-refractivity contribution in [2.24, 2.45) is 0 Å². The van der Waals surface area contributed by atoms with Crippen LogP contribution in [0.25, 0.3) is 0 Å². The maximum Gasteiger partial charge on any atom is 0.277 e. The van der Waals surface area contributed by atoms with Gasteiger partial charge in [-0.25, -0.2) is 0 Å². The Hall–Kier alpha value is -3.52. The molecule has 0 radical (unpaired) electrons.